The number of carbonyl (C=O) groups excluding carboxylic acids is 1. The Labute approximate surface area is 67.2 Å². The fourth-order valence-electron chi connectivity index (χ4n) is 1.18. The number of oxazole rings is 1. The molecule has 0 saturated carbocycles. The first kappa shape index (κ1) is 7.21. The van der Waals surface area contributed by atoms with Crippen molar-refractivity contribution in [3.8, 4) is 0 Å². The minimum Gasteiger partial charge on any atom is -0.431 e. The summed E-state index contributed by atoms with van der Waals surface area (Å²) >= 11 is 0. The molecule has 1 aliphatic rings. The Morgan fingerprint density at radius 3 is 3.17 bits per heavy atom. The molecule has 0 saturated heterocycles. The second-order valence-electron chi connectivity index (χ2n) is 2.53. The molecule has 4 heteroatoms. The molecule has 0 unspecified atom stereocenters. The molecule has 2 rings (SSSR count). The van der Waals surface area contributed by atoms with Crippen LogP contribution in [0.25, 0.3) is 11.9 Å². The van der Waals surface area contributed by atoms with Gasteiger partial charge >= 0.3 is 0 Å². The largest absolute Gasteiger partial charge is 0.431 e. The van der Waals surface area contributed by atoms with Crippen LogP contribution < -0.4 is 10.8 Å². The second kappa shape index (κ2) is 2.55. The molecule has 1 aromatic rings. The molecule has 0 aromatic carbocycles. The number of rotatable bonds is 1. The van der Waals surface area contributed by atoms with E-state index in [0.29, 0.717) is 24.5 Å². The van der Waals surface area contributed by atoms with Gasteiger partial charge in [-0.15, -0.1) is 0 Å². The smallest absolute Gasteiger partial charge is 0.260 e. The third kappa shape index (κ3) is 0.958. The van der Waals surface area contributed by atoms with Gasteiger partial charge in [0, 0.05) is 6.42 Å². The normalized spacial score (nSPS) is 15.2. The van der Waals surface area contributed by atoms with Crippen LogP contribution in [0, 0.1) is 0 Å². The Kier molecular flexibility index (Phi) is 1.53. The average molecular weight is 167 g/mol. The molecule has 1 heterocycles. The van der Waals surface area contributed by atoms with Gasteiger partial charge < -0.3 is 4.42 Å². The van der Waals surface area contributed by atoms with E-state index >= 15 is 0 Å². The molecule has 1 aromatic heterocycles. The van der Waals surface area contributed by atoms with Crippen molar-refractivity contribution in [1.82, 2.24) is 4.98 Å². The fraction of sp³-hybridized carbons (Fsp3) is 0.250. The number of fused-ring (bicyclic) bond motifs is 1. The topological polar surface area (TPSA) is 43.1 Å². The average Bonchev–Trinajstić information content (AvgIpc) is 2.49. The summed E-state index contributed by atoms with van der Waals surface area (Å²) in [5.41, 5.74) is 0.114. The molecule has 0 radical (unpaired) electrons. The lowest BCUT2D eigenvalue weighted by molar-refractivity contribution is 0.109. The van der Waals surface area contributed by atoms with Crippen LogP contribution in [0.1, 0.15) is 23.5 Å². The molecule has 0 bridgehead atoms. The van der Waals surface area contributed by atoms with Crippen molar-refractivity contribution in [2.75, 3.05) is 0 Å². The van der Waals surface area contributed by atoms with Crippen molar-refractivity contribution < 1.29 is 13.6 Å². The van der Waals surface area contributed by atoms with Crippen LogP contribution in [0.4, 0.5) is 4.39 Å². The molecular formula is C8H6FNO2. The zero-order valence-electron chi connectivity index (χ0n) is 6.21. The third-order valence-corrected chi connectivity index (χ3v) is 1.72. The summed E-state index contributed by atoms with van der Waals surface area (Å²) in [7, 11) is 0. The highest BCUT2D eigenvalue weighted by molar-refractivity contribution is 5.67. The Balaban J connectivity index is 2.81. The number of carbonyl (C=O) groups is 1. The van der Waals surface area contributed by atoms with Crippen molar-refractivity contribution in [2.24, 2.45) is 0 Å². The van der Waals surface area contributed by atoms with Gasteiger partial charge in [0.25, 0.3) is 5.89 Å². The molecule has 0 N–H and O–H groups in total. The van der Waals surface area contributed by atoms with Gasteiger partial charge in [-0.1, -0.05) is 6.08 Å². The summed E-state index contributed by atoms with van der Waals surface area (Å²) in [6.07, 6.45) is 3.18. The van der Waals surface area contributed by atoms with Gasteiger partial charge in [-0.25, -0.2) is 9.37 Å². The lowest BCUT2D eigenvalue weighted by atomic mass is 10.2. The molecule has 12 heavy (non-hydrogen) atoms. The van der Waals surface area contributed by atoms with Crippen LogP contribution in [-0.2, 0) is 0 Å². The minimum absolute atomic E-state index is 0.0618. The SMILES string of the molecule is O=Cc1nc2c(o1)=C(F)CCC=2. The predicted molar refractivity (Wildman–Crippen MR) is 39.4 cm³/mol. The van der Waals surface area contributed by atoms with E-state index in [0.717, 1.165) is 0 Å². The fourth-order valence-corrected chi connectivity index (χ4v) is 1.18. The first-order chi connectivity index (χ1) is 5.81. The van der Waals surface area contributed by atoms with Gasteiger partial charge in [-0.3, -0.25) is 4.79 Å². The van der Waals surface area contributed by atoms with E-state index in [4.69, 9.17) is 4.42 Å². The van der Waals surface area contributed by atoms with Crippen LogP contribution in [-0.4, -0.2) is 11.3 Å². The molecule has 3 nitrogen and oxygen atoms in total. The number of aldehydes is 1. The van der Waals surface area contributed by atoms with Crippen LogP contribution in [0.3, 0.4) is 0 Å². The summed E-state index contributed by atoms with van der Waals surface area (Å²) in [5.74, 6) is -0.388. The first-order valence-electron chi connectivity index (χ1n) is 3.62. The van der Waals surface area contributed by atoms with Crippen LogP contribution in [0.15, 0.2) is 4.42 Å². The molecule has 62 valence electrons. The molecule has 0 fully saturated rings. The highest BCUT2D eigenvalue weighted by Gasteiger charge is 2.09. The minimum atomic E-state index is -0.326. The number of hydrogen-bond acceptors (Lipinski definition) is 3. The standard InChI is InChI=1S/C8H6FNO2/c9-5-2-1-3-6-8(5)12-7(4-11)10-6/h3-4H,1-2H2. The first-order valence-corrected chi connectivity index (χ1v) is 3.62. The van der Waals surface area contributed by atoms with Crippen molar-refractivity contribution in [2.45, 2.75) is 12.8 Å². The van der Waals surface area contributed by atoms with Gasteiger partial charge in [0.05, 0.1) is 0 Å². The Morgan fingerprint density at radius 1 is 1.67 bits per heavy atom. The van der Waals surface area contributed by atoms with Crippen LogP contribution in [0.5, 0.6) is 0 Å². The maximum absolute atomic E-state index is 13.0. The van der Waals surface area contributed by atoms with E-state index in [1.54, 1.807) is 6.08 Å². The Hall–Kier alpha value is -1.45. The Bertz CT molecular complexity index is 432. The van der Waals surface area contributed by atoms with Gasteiger partial charge in [0.2, 0.25) is 6.29 Å². The summed E-state index contributed by atoms with van der Waals surface area (Å²) in [4.78, 5) is 14.0. The van der Waals surface area contributed by atoms with E-state index in [-0.39, 0.29) is 17.1 Å². The molecule has 0 aliphatic heterocycles. The van der Waals surface area contributed by atoms with Gasteiger partial charge in [-0.2, -0.15) is 0 Å². The predicted octanol–water partition coefficient (Wildman–Crippen LogP) is 0.139. The molecule has 0 spiro atoms. The number of hydrogen-bond donors (Lipinski definition) is 0. The highest BCUT2D eigenvalue weighted by Crippen LogP contribution is 2.08. The van der Waals surface area contributed by atoms with Gasteiger partial charge in [0.1, 0.15) is 11.2 Å². The summed E-state index contributed by atoms with van der Waals surface area (Å²) in [6, 6.07) is 0. The van der Waals surface area contributed by atoms with Crippen LogP contribution >= 0.6 is 0 Å². The van der Waals surface area contributed by atoms with Crippen molar-refractivity contribution in [3.05, 3.63) is 16.7 Å². The maximum atomic E-state index is 13.0. The second-order valence-corrected chi connectivity index (χ2v) is 2.53. The molecule has 0 atom stereocenters. The summed E-state index contributed by atoms with van der Waals surface area (Å²) in [5, 5.41) is 0.445. The van der Waals surface area contributed by atoms with E-state index in [1.807, 2.05) is 0 Å². The van der Waals surface area contributed by atoms with E-state index in [2.05, 4.69) is 4.98 Å². The monoisotopic (exact) mass is 167 g/mol. The molecule has 1 aliphatic carbocycles. The van der Waals surface area contributed by atoms with E-state index < -0.39 is 0 Å². The number of aromatic nitrogens is 1. The lowest BCUT2D eigenvalue weighted by Crippen LogP contribution is -2.26. The zero-order valence-corrected chi connectivity index (χ0v) is 6.21. The zero-order chi connectivity index (χ0) is 8.55. The quantitative estimate of drug-likeness (QED) is 0.559. The van der Waals surface area contributed by atoms with Crippen molar-refractivity contribution >= 4 is 18.2 Å². The van der Waals surface area contributed by atoms with E-state index in [1.165, 1.54) is 0 Å². The van der Waals surface area contributed by atoms with E-state index in [9.17, 15) is 9.18 Å². The van der Waals surface area contributed by atoms with Crippen molar-refractivity contribution in [1.29, 1.82) is 0 Å². The third-order valence-electron chi connectivity index (χ3n) is 1.72. The molecular weight excluding hydrogens is 161 g/mol. The van der Waals surface area contributed by atoms with Crippen LogP contribution in [0.2, 0.25) is 0 Å². The number of nitrogens with zero attached hydrogens (tertiary/aromatic N) is 1. The summed E-state index contributed by atoms with van der Waals surface area (Å²) < 4.78 is 17.8. The lowest BCUT2D eigenvalue weighted by Gasteiger charge is -1.94. The Morgan fingerprint density at radius 2 is 2.50 bits per heavy atom. The highest BCUT2D eigenvalue weighted by atomic mass is 19.1. The maximum Gasteiger partial charge on any atom is 0.260 e. The van der Waals surface area contributed by atoms with Gasteiger partial charge in [0.15, 0.2) is 5.42 Å². The van der Waals surface area contributed by atoms with Gasteiger partial charge in [-0.05, 0) is 6.42 Å². The molecule has 0 amide bonds. The van der Waals surface area contributed by atoms with Crippen molar-refractivity contribution in [3.63, 3.8) is 0 Å². The summed E-state index contributed by atoms with van der Waals surface area (Å²) in [6.45, 7) is 0. The number of halogens is 1.